The summed E-state index contributed by atoms with van der Waals surface area (Å²) >= 11 is 5.22. The number of hydrazine groups is 1. The van der Waals surface area contributed by atoms with Gasteiger partial charge in [0, 0.05) is 5.56 Å². The molecule has 0 fully saturated rings. The number of para-hydroxylation sites is 2. The molecule has 2 N–H and O–H groups in total. The van der Waals surface area contributed by atoms with Crippen LogP contribution in [0.15, 0.2) is 57.7 Å². The van der Waals surface area contributed by atoms with Gasteiger partial charge < -0.3 is 4.42 Å². The number of aryl methyl sites for hydroxylation is 1. The van der Waals surface area contributed by atoms with Crippen molar-refractivity contribution in [2.75, 3.05) is 0 Å². The summed E-state index contributed by atoms with van der Waals surface area (Å²) in [5.41, 5.74) is 8.10. The predicted octanol–water partition coefficient (Wildman–Crippen LogP) is 1.90. The maximum atomic E-state index is 12.1. The first-order valence-electron chi connectivity index (χ1n) is 7.29. The number of rotatable bonds is 3. The normalized spacial score (nSPS) is 10.5. The average molecular weight is 341 g/mol. The summed E-state index contributed by atoms with van der Waals surface area (Å²) in [5.74, 6) is -0.981. The molecule has 0 atom stereocenters. The molecule has 1 aromatic heterocycles. The van der Waals surface area contributed by atoms with Gasteiger partial charge in [-0.05, 0) is 19.1 Å². The van der Waals surface area contributed by atoms with Crippen molar-refractivity contribution in [3.63, 3.8) is 0 Å². The highest BCUT2D eigenvalue weighted by Gasteiger charge is 2.12. The fourth-order valence-electron chi connectivity index (χ4n) is 2.25. The molecule has 0 aliphatic carbocycles. The van der Waals surface area contributed by atoms with Crippen LogP contribution in [-0.4, -0.2) is 15.5 Å². The van der Waals surface area contributed by atoms with Crippen molar-refractivity contribution in [1.29, 1.82) is 0 Å². The van der Waals surface area contributed by atoms with Gasteiger partial charge in [0.15, 0.2) is 5.58 Å². The molecule has 0 aliphatic heterocycles. The number of carbonyl (C=O) groups excluding carboxylic acids is 1. The van der Waals surface area contributed by atoms with E-state index in [1.165, 1.54) is 4.57 Å². The SMILES string of the molecule is Cc1ccc(C(=S)NNC(=O)Cn2c(=O)oc3ccccc32)cc1. The number of hydrogen-bond acceptors (Lipinski definition) is 4. The third-order valence-electron chi connectivity index (χ3n) is 3.50. The highest BCUT2D eigenvalue weighted by atomic mass is 32.1. The Morgan fingerprint density at radius 2 is 1.83 bits per heavy atom. The first-order valence-corrected chi connectivity index (χ1v) is 7.69. The highest BCUT2D eigenvalue weighted by Crippen LogP contribution is 2.11. The number of benzene rings is 2. The molecule has 2 aromatic carbocycles. The molecule has 3 aromatic rings. The Morgan fingerprint density at radius 1 is 1.12 bits per heavy atom. The molecule has 0 aliphatic rings. The van der Waals surface area contributed by atoms with Crippen molar-refractivity contribution < 1.29 is 9.21 Å². The highest BCUT2D eigenvalue weighted by molar-refractivity contribution is 7.80. The first-order chi connectivity index (χ1) is 11.5. The lowest BCUT2D eigenvalue weighted by molar-refractivity contribution is -0.122. The van der Waals surface area contributed by atoms with E-state index in [0.717, 1.165) is 11.1 Å². The summed E-state index contributed by atoms with van der Waals surface area (Å²) in [5, 5.41) is 0. The van der Waals surface area contributed by atoms with E-state index in [4.69, 9.17) is 16.6 Å². The van der Waals surface area contributed by atoms with Crippen LogP contribution in [0.25, 0.3) is 11.1 Å². The topological polar surface area (TPSA) is 76.3 Å². The number of aromatic nitrogens is 1. The standard InChI is InChI=1S/C17H15N3O3S/c1-11-6-8-12(9-7-11)16(24)19-18-15(21)10-20-13-4-2-3-5-14(13)23-17(20)22/h2-9H,10H2,1H3,(H,18,21)(H,19,24). The molecule has 1 amide bonds. The van der Waals surface area contributed by atoms with Crippen LogP contribution in [-0.2, 0) is 11.3 Å². The second-order valence-corrected chi connectivity index (χ2v) is 5.70. The summed E-state index contributed by atoms with van der Waals surface area (Å²) in [6.07, 6.45) is 0. The number of oxazole rings is 1. The lowest BCUT2D eigenvalue weighted by atomic mass is 10.1. The molecule has 0 unspecified atom stereocenters. The Morgan fingerprint density at radius 3 is 2.58 bits per heavy atom. The van der Waals surface area contributed by atoms with Gasteiger partial charge in [-0.3, -0.25) is 20.2 Å². The number of nitrogens with zero attached hydrogens (tertiary/aromatic N) is 1. The molecule has 122 valence electrons. The van der Waals surface area contributed by atoms with Crippen LogP contribution in [0, 0.1) is 6.92 Å². The zero-order valence-corrected chi connectivity index (χ0v) is 13.7. The molecule has 6 nitrogen and oxygen atoms in total. The van der Waals surface area contributed by atoms with Gasteiger partial charge in [-0.25, -0.2) is 4.79 Å². The zero-order valence-electron chi connectivity index (χ0n) is 12.9. The van der Waals surface area contributed by atoms with E-state index in [2.05, 4.69) is 10.9 Å². The monoisotopic (exact) mass is 341 g/mol. The zero-order chi connectivity index (χ0) is 17.1. The third kappa shape index (κ3) is 3.36. The van der Waals surface area contributed by atoms with E-state index >= 15 is 0 Å². The summed E-state index contributed by atoms with van der Waals surface area (Å²) in [7, 11) is 0. The van der Waals surface area contributed by atoms with E-state index in [-0.39, 0.29) is 6.54 Å². The number of carbonyl (C=O) groups is 1. The van der Waals surface area contributed by atoms with Crippen molar-refractivity contribution >= 4 is 34.2 Å². The third-order valence-corrected chi connectivity index (χ3v) is 3.84. The second-order valence-electron chi connectivity index (χ2n) is 5.29. The molecule has 0 saturated heterocycles. The van der Waals surface area contributed by atoms with Gasteiger partial charge in [0.25, 0.3) is 5.91 Å². The van der Waals surface area contributed by atoms with Crippen LogP contribution in [0.4, 0.5) is 0 Å². The quantitative estimate of drug-likeness (QED) is 0.562. The van der Waals surface area contributed by atoms with Gasteiger partial charge in [0.05, 0.1) is 5.52 Å². The largest absolute Gasteiger partial charge is 0.420 e. The second kappa shape index (κ2) is 6.67. The summed E-state index contributed by atoms with van der Waals surface area (Å²) in [4.78, 5) is 24.3. The molecule has 7 heteroatoms. The smallest absolute Gasteiger partial charge is 0.408 e. The molecular weight excluding hydrogens is 326 g/mol. The molecule has 0 saturated carbocycles. The minimum atomic E-state index is -0.576. The van der Waals surface area contributed by atoms with Crippen molar-refractivity contribution in [2.45, 2.75) is 13.5 Å². The van der Waals surface area contributed by atoms with Gasteiger partial charge in [0.1, 0.15) is 11.5 Å². The number of nitrogens with one attached hydrogen (secondary N) is 2. The number of fused-ring (bicyclic) bond motifs is 1. The van der Waals surface area contributed by atoms with Gasteiger partial charge >= 0.3 is 5.76 Å². The maximum Gasteiger partial charge on any atom is 0.420 e. The van der Waals surface area contributed by atoms with Gasteiger partial charge in [-0.2, -0.15) is 0 Å². The minimum Gasteiger partial charge on any atom is -0.408 e. The minimum absolute atomic E-state index is 0.167. The molecule has 0 spiro atoms. The molecular formula is C17H15N3O3S. The van der Waals surface area contributed by atoms with E-state index in [1.54, 1.807) is 24.3 Å². The molecule has 24 heavy (non-hydrogen) atoms. The van der Waals surface area contributed by atoms with Crippen molar-refractivity contribution in [3.8, 4) is 0 Å². The Balaban J connectivity index is 1.65. The average Bonchev–Trinajstić information content (AvgIpc) is 2.89. The van der Waals surface area contributed by atoms with Crippen molar-refractivity contribution in [1.82, 2.24) is 15.4 Å². The Labute approximate surface area is 143 Å². The molecule has 0 bridgehead atoms. The Kier molecular flexibility index (Phi) is 4.43. The number of thiocarbonyl (C=S) groups is 1. The van der Waals surface area contributed by atoms with E-state index < -0.39 is 11.7 Å². The fourth-order valence-corrected chi connectivity index (χ4v) is 2.44. The van der Waals surface area contributed by atoms with Crippen LogP contribution in [0.3, 0.4) is 0 Å². The molecule has 1 heterocycles. The van der Waals surface area contributed by atoms with Crippen LogP contribution < -0.4 is 16.6 Å². The van der Waals surface area contributed by atoms with E-state index in [9.17, 15) is 9.59 Å². The van der Waals surface area contributed by atoms with Crippen LogP contribution in [0.5, 0.6) is 0 Å². The first kappa shape index (κ1) is 15.9. The fraction of sp³-hybridized carbons (Fsp3) is 0.118. The van der Waals surface area contributed by atoms with Crippen molar-refractivity contribution in [2.24, 2.45) is 0 Å². The molecule has 0 radical (unpaired) electrons. The van der Waals surface area contributed by atoms with Crippen LogP contribution >= 0.6 is 12.2 Å². The lowest BCUT2D eigenvalue weighted by Gasteiger charge is -2.10. The number of amides is 1. The summed E-state index contributed by atoms with van der Waals surface area (Å²) in [6, 6.07) is 14.5. The summed E-state index contributed by atoms with van der Waals surface area (Å²) < 4.78 is 6.35. The number of hydrogen-bond donors (Lipinski definition) is 2. The van der Waals surface area contributed by atoms with Gasteiger partial charge in [0.2, 0.25) is 0 Å². The van der Waals surface area contributed by atoms with Crippen LogP contribution in [0.2, 0.25) is 0 Å². The maximum absolute atomic E-state index is 12.1. The Hall–Kier alpha value is -2.93. The lowest BCUT2D eigenvalue weighted by Crippen LogP contribution is -2.43. The van der Waals surface area contributed by atoms with Crippen molar-refractivity contribution in [3.05, 3.63) is 70.2 Å². The summed E-state index contributed by atoms with van der Waals surface area (Å²) in [6.45, 7) is 1.81. The Bertz CT molecular complexity index is 957. The van der Waals surface area contributed by atoms with Gasteiger partial charge in [-0.1, -0.05) is 54.2 Å². The molecule has 3 rings (SSSR count). The predicted molar refractivity (Wildman–Crippen MR) is 94.6 cm³/mol. The van der Waals surface area contributed by atoms with E-state index in [0.29, 0.717) is 16.1 Å². The van der Waals surface area contributed by atoms with Gasteiger partial charge in [-0.15, -0.1) is 0 Å². The van der Waals surface area contributed by atoms with Crippen LogP contribution in [0.1, 0.15) is 11.1 Å². The van der Waals surface area contributed by atoms with E-state index in [1.807, 2.05) is 31.2 Å².